The van der Waals surface area contributed by atoms with E-state index in [1.807, 2.05) is 0 Å². The first-order valence-electron chi connectivity index (χ1n) is 29.6. The largest absolute Gasteiger partial charge is 0.309 e. The summed E-state index contributed by atoms with van der Waals surface area (Å²) in [7, 11) is 0. The van der Waals surface area contributed by atoms with Crippen molar-refractivity contribution in [2.75, 3.05) is 4.90 Å². The molecule has 2 heterocycles. The van der Waals surface area contributed by atoms with Crippen LogP contribution in [0.4, 0.5) is 17.1 Å². The van der Waals surface area contributed by atoms with Gasteiger partial charge in [-0.2, -0.15) is 8.75 Å². The lowest BCUT2D eigenvalue weighted by Crippen LogP contribution is -2.10. The molecule has 0 saturated carbocycles. The maximum Gasteiger partial charge on any atom is 0.129 e. The van der Waals surface area contributed by atoms with E-state index >= 15 is 0 Å². The Hall–Kier alpha value is -11.0. The highest BCUT2D eigenvalue weighted by atomic mass is 32.1. The third-order valence-corrected chi connectivity index (χ3v) is 17.4. The van der Waals surface area contributed by atoms with E-state index in [1.165, 1.54) is 89.3 Å². The summed E-state index contributed by atoms with van der Waals surface area (Å²) >= 11 is 1.25. The Bertz CT molecular complexity index is 4810. The molecule has 15 aromatic rings. The van der Waals surface area contributed by atoms with Crippen molar-refractivity contribution < 1.29 is 0 Å². The summed E-state index contributed by atoms with van der Waals surface area (Å²) in [5, 5.41) is 2.44. The molecule has 4 nitrogen and oxygen atoms in total. The van der Waals surface area contributed by atoms with Crippen molar-refractivity contribution in [3.05, 3.63) is 349 Å². The van der Waals surface area contributed by atoms with Gasteiger partial charge in [0.05, 0.1) is 28.4 Å². The molecular weight excluding hydrogens is 1070 g/mol. The Balaban J connectivity index is 0.788. The lowest BCUT2D eigenvalue weighted by molar-refractivity contribution is 1.18. The lowest BCUT2D eigenvalue weighted by Gasteiger charge is -2.26. The molecule has 5 heteroatoms. The summed E-state index contributed by atoms with van der Waals surface area (Å²) < 4.78 is 12.5. The van der Waals surface area contributed by atoms with Crippen molar-refractivity contribution in [1.82, 2.24) is 13.3 Å². The molecule has 0 fully saturated rings. The van der Waals surface area contributed by atoms with Crippen LogP contribution in [0.3, 0.4) is 0 Å². The molecule has 15 rings (SSSR count). The molecule has 2 aromatic heterocycles. The number of aryl methyl sites for hydroxylation is 2. The zero-order valence-electron chi connectivity index (χ0n) is 48.2. The molecule has 0 radical (unpaired) electrons. The highest BCUT2D eigenvalue weighted by molar-refractivity contribution is 7.00. The van der Waals surface area contributed by atoms with Crippen LogP contribution in [0.15, 0.2) is 315 Å². The SMILES string of the molecule is Cc1ccc(-c2ccc3c(c2)c2cc(-c4ccc(C)cc4)ccc2n3-c2ccc(-c3ccc(N(c4ccc(-c5ccccc5)cc4)c4ccc(-c5ccc(C(=C(c6ccccc6)c6ccccc6)c6ccccc6)cc5)cc4)c4nsnc34)cc2)cc1. The van der Waals surface area contributed by atoms with E-state index in [4.69, 9.17) is 8.75 Å². The predicted molar refractivity (Wildman–Crippen MR) is 367 cm³/mol. The molecule has 0 saturated heterocycles. The fourth-order valence-corrected chi connectivity index (χ4v) is 13.0. The van der Waals surface area contributed by atoms with Gasteiger partial charge >= 0.3 is 0 Å². The van der Waals surface area contributed by atoms with Crippen LogP contribution < -0.4 is 4.90 Å². The maximum absolute atomic E-state index is 5.08. The molecule has 13 aromatic carbocycles. The third kappa shape index (κ3) is 10.2. The molecule has 412 valence electrons. The molecule has 0 aliphatic carbocycles. The van der Waals surface area contributed by atoms with Crippen molar-refractivity contribution >= 4 is 72.8 Å². The zero-order chi connectivity index (χ0) is 58.2. The summed E-state index contributed by atoms with van der Waals surface area (Å²) in [4.78, 5) is 2.32. The standard InChI is InChI=1S/C82H58N4S/c1-55-23-27-61(28-24-55)68-41-50-76-74(53-68)75-54-69(62-29-25-56(2)26-30-62)42-51-77(75)86(76)72-47-39-63(40-48-72)73-49-52-78(82-81(73)83-87-84-82)85(70-43-35-59(36-44-70)57-15-7-3-8-16-57)71-45-37-60(38-46-71)58-31-33-67(34-32-58)80(66-21-13-6-14-22-66)79(64-17-9-4-10-18-64)65-19-11-5-12-20-65/h3-54H,1-2H3. The molecule has 0 bridgehead atoms. The summed E-state index contributed by atoms with van der Waals surface area (Å²) in [6.45, 7) is 4.28. The van der Waals surface area contributed by atoms with Gasteiger partial charge in [0.1, 0.15) is 11.0 Å². The zero-order valence-corrected chi connectivity index (χ0v) is 49.0. The molecule has 0 spiro atoms. The van der Waals surface area contributed by atoms with Gasteiger partial charge in [0, 0.05) is 33.4 Å². The van der Waals surface area contributed by atoms with Gasteiger partial charge in [0.2, 0.25) is 0 Å². The van der Waals surface area contributed by atoms with Gasteiger partial charge in [-0.1, -0.05) is 254 Å². The minimum Gasteiger partial charge on any atom is -0.309 e. The fourth-order valence-electron chi connectivity index (χ4n) is 12.4. The topological polar surface area (TPSA) is 34.0 Å². The van der Waals surface area contributed by atoms with Gasteiger partial charge < -0.3 is 9.47 Å². The quantitative estimate of drug-likeness (QED) is 0.108. The summed E-state index contributed by atoms with van der Waals surface area (Å²) in [5.41, 5.74) is 29.2. The first-order chi connectivity index (χ1) is 43.0. The summed E-state index contributed by atoms with van der Waals surface area (Å²) in [6, 6.07) is 114. The normalized spacial score (nSPS) is 11.3. The van der Waals surface area contributed by atoms with Crippen molar-refractivity contribution in [3.63, 3.8) is 0 Å². The van der Waals surface area contributed by atoms with Gasteiger partial charge in [-0.25, -0.2) is 0 Å². The van der Waals surface area contributed by atoms with Gasteiger partial charge in [-0.3, -0.25) is 0 Å². The summed E-state index contributed by atoms with van der Waals surface area (Å²) in [6.07, 6.45) is 0. The van der Waals surface area contributed by atoms with Crippen LogP contribution in [0, 0.1) is 13.8 Å². The van der Waals surface area contributed by atoms with Crippen LogP contribution in [0.1, 0.15) is 33.4 Å². The summed E-state index contributed by atoms with van der Waals surface area (Å²) in [5.74, 6) is 0. The average molecular weight is 1130 g/mol. The van der Waals surface area contributed by atoms with Gasteiger partial charge in [-0.15, -0.1) is 0 Å². The van der Waals surface area contributed by atoms with E-state index in [1.54, 1.807) is 0 Å². The molecule has 0 amide bonds. The van der Waals surface area contributed by atoms with E-state index in [9.17, 15) is 0 Å². The van der Waals surface area contributed by atoms with E-state index in [2.05, 4.69) is 339 Å². The van der Waals surface area contributed by atoms with Crippen LogP contribution in [0.2, 0.25) is 0 Å². The van der Waals surface area contributed by atoms with Gasteiger partial charge in [0.15, 0.2) is 0 Å². The number of rotatable bonds is 13. The Labute approximate surface area is 511 Å². The number of fused-ring (bicyclic) bond motifs is 4. The highest BCUT2D eigenvalue weighted by Gasteiger charge is 2.23. The number of hydrogen-bond donors (Lipinski definition) is 0. The minimum atomic E-state index is 0.845. The number of hydrogen-bond acceptors (Lipinski definition) is 4. The molecule has 0 aliphatic heterocycles. The third-order valence-electron chi connectivity index (χ3n) is 16.9. The monoisotopic (exact) mass is 1130 g/mol. The lowest BCUT2D eigenvalue weighted by atomic mass is 9.85. The fraction of sp³-hybridized carbons (Fsp3) is 0.0244. The first kappa shape index (κ1) is 52.8. The van der Waals surface area contributed by atoms with E-state index in [-0.39, 0.29) is 0 Å². The molecule has 87 heavy (non-hydrogen) atoms. The van der Waals surface area contributed by atoms with E-state index < -0.39 is 0 Å². The van der Waals surface area contributed by atoms with E-state index in [0.29, 0.717) is 0 Å². The number of anilines is 3. The van der Waals surface area contributed by atoms with Crippen LogP contribution >= 0.6 is 11.7 Å². The second kappa shape index (κ2) is 22.9. The van der Waals surface area contributed by atoms with Crippen molar-refractivity contribution in [3.8, 4) is 61.3 Å². The van der Waals surface area contributed by atoms with E-state index in [0.717, 1.165) is 78.2 Å². The first-order valence-corrected chi connectivity index (χ1v) is 30.3. The second-order valence-electron chi connectivity index (χ2n) is 22.4. The molecule has 0 atom stereocenters. The van der Waals surface area contributed by atoms with Crippen LogP contribution in [-0.2, 0) is 0 Å². The number of nitrogens with zero attached hydrogens (tertiary/aromatic N) is 4. The smallest absolute Gasteiger partial charge is 0.129 e. The van der Waals surface area contributed by atoms with Crippen molar-refractivity contribution in [2.24, 2.45) is 0 Å². The van der Waals surface area contributed by atoms with Crippen LogP contribution in [-0.4, -0.2) is 13.3 Å². The number of aromatic nitrogens is 3. The number of benzene rings is 13. The Morgan fingerprint density at radius 1 is 0.310 bits per heavy atom. The average Bonchev–Trinajstić information content (AvgIpc) is 2.01. The molecule has 0 N–H and O–H groups in total. The molecular formula is C82H58N4S. The van der Waals surface area contributed by atoms with Crippen LogP contribution in [0.5, 0.6) is 0 Å². The Morgan fingerprint density at radius 3 is 1.13 bits per heavy atom. The van der Waals surface area contributed by atoms with Crippen molar-refractivity contribution in [2.45, 2.75) is 13.8 Å². The van der Waals surface area contributed by atoms with Gasteiger partial charge in [0.25, 0.3) is 0 Å². The highest BCUT2D eigenvalue weighted by Crippen LogP contribution is 2.44. The Morgan fingerprint density at radius 2 is 0.667 bits per heavy atom. The molecule has 0 unspecified atom stereocenters. The maximum atomic E-state index is 5.08. The molecule has 0 aliphatic rings. The second-order valence-corrected chi connectivity index (χ2v) is 22.9. The van der Waals surface area contributed by atoms with Crippen LogP contribution in [0.25, 0.3) is 105 Å². The van der Waals surface area contributed by atoms with Crippen molar-refractivity contribution in [1.29, 1.82) is 0 Å². The Kier molecular flexibility index (Phi) is 13.9. The van der Waals surface area contributed by atoms with Gasteiger partial charge in [-0.05, 0) is 170 Å². The predicted octanol–water partition coefficient (Wildman–Crippen LogP) is 22.2. The minimum absolute atomic E-state index is 0.845.